The molecule has 0 heterocycles. The first kappa shape index (κ1) is 21.2. The van der Waals surface area contributed by atoms with Gasteiger partial charge in [0.2, 0.25) is 6.29 Å². The molecule has 2 aromatic rings. The predicted molar refractivity (Wildman–Crippen MR) is 97.3 cm³/mol. The van der Waals surface area contributed by atoms with Gasteiger partial charge in [0.05, 0.1) is 25.4 Å². The SMILES string of the molecule is COC(=O)c1cccc(-c2ccc(OC(O)C3(O)C(O)C(O)C3CO)c(F)c2)c1. The average molecular weight is 408 g/mol. The molecule has 0 spiro atoms. The molecular formula is C20H21FO8. The van der Waals surface area contributed by atoms with E-state index in [1.165, 1.54) is 25.3 Å². The van der Waals surface area contributed by atoms with Gasteiger partial charge in [0.15, 0.2) is 17.2 Å². The second kappa shape index (κ2) is 8.05. The first-order valence-corrected chi connectivity index (χ1v) is 8.76. The van der Waals surface area contributed by atoms with Crippen LogP contribution in [0.15, 0.2) is 42.5 Å². The molecule has 1 saturated carbocycles. The number of aliphatic hydroxyl groups is 5. The summed E-state index contributed by atoms with van der Waals surface area (Å²) >= 11 is 0. The number of halogens is 1. The first-order valence-electron chi connectivity index (χ1n) is 8.76. The lowest BCUT2D eigenvalue weighted by Crippen LogP contribution is -2.76. The summed E-state index contributed by atoms with van der Waals surface area (Å²) in [6.07, 6.45) is -5.31. The molecule has 0 radical (unpaired) electrons. The molecule has 8 nitrogen and oxygen atoms in total. The van der Waals surface area contributed by atoms with Gasteiger partial charge in [0.1, 0.15) is 6.10 Å². The van der Waals surface area contributed by atoms with E-state index < -0.39 is 54.2 Å². The Morgan fingerprint density at radius 3 is 2.52 bits per heavy atom. The van der Waals surface area contributed by atoms with E-state index in [1.54, 1.807) is 18.2 Å². The molecule has 5 unspecified atom stereocenters. The van der Waals surface area contributed by atoms with Crippen molar-refractivity contribution in [1.82, 2.24) is 0 Å². The monoisotopic (exact) mass is 408 g/mol. The van der Waals surface area contributed by atoms with Crippen LogP contribution in [0.2, 0.25) is 0 Å². The van der Waals surface area contributed by atoms with E-state index in [1.807, 2.05) is 0 Å². The average Bonchev–Trinajstić information content (AvgIpc) is 2.74. The maximum atomic E-state index is 14.5. The fraction of sp³-hybridized carbons (Fsp3) is 0.350. The van der Waals surface area contributed by atoms with Crippen molar-refractivity contribution in [1.29, 1.82) is 0 Å². The molecule has 156 valence electrons. The summed E-state index contributed by atoms with van der Waals surface area (Å²) in [6, 6.07) is 10.1. The third-order valence-electron chi connectivity index (χ3n) is 5.18. The van der Waals surface area contributed by atoms with E-state index in [-0.39, 0.29) is 5.56 Å². The van der Waals surface area contributed by atoms with Crippen LogP contribution in [0, 0.1) is 11.7 Å². The smallest absolute Gasteiger partial charge is 0.337 e. The molecule has 5 atom stereocenters. The van der Waals surface area contributed by atoms with E-state index >= 15 is 0 Å². The number of carbonyl (C=O) groups excluding carboxylic acids is 1. The molecule has 1 aliphatic carbocycles. The Kier molecular flexibility index (Phi) is 5.87. The maximum Gasteiger partial charge on any atom is 0.337 e. The van der Waals surface area contributed by atoms with Gasteiger partial charge in [0.25, 0.3) is 0 Å². The summed E-state index contributed by atoms with van der Waals surface area (Å²) in [7, 11) is 1.25. The van der Waals surface area contributed by atoms with Crippen LogP contribution < -0.4 is 4.74 Å². The summed E-state index contributed by atoms with van der Waals surface area (Å²) < 4.78 is 24.2. The van der Waals surface area contributed by atoms with Crippen molar-refractivity contribution in [3.63, 3.8) is 0 Å². The van der Waals surface area contributed by atoms with Gasteiger partial charge in [-0.25, -0.2) is 9.18 Å². The first-order chi connectivity index (χ1) is 13.7. The lowest BCUT2D eigenvalue weighted by Gasteiger charge is -2.53. The molecule has 0 amide bonds. The number of hydrogen-bond acceptors (Lipinski definition) is 8. The molecule has 0 saturated heterocycles. The van der Waals surface area contributed by atoms with Crippen LogP contribution in [-0.4, -0.2) is 69.3 Å². The molecule has 5 N–H and O–H groups in total. The van der Waals surface area contributed by atoms with E-state index in [0.717, 1.165) is 6.07 Å². The molecule has 3 rings (SSSR count). The van der Waals surface area contributed by atoms with Gasteiger partial charge >= 0.3 is 5.97 Å². The highest BCUT2D eigenvalue weighted by Crippen LogP contribution is 2.42. The summed E-state index contributed by atoms with van der Waals surface area (Å²) in [6.45, 7) is -0.715. The molecule has 1 aliphatic rings. The third-order valence-corrected chi connectivity index (χ3v) is 5.18. The summed E-state index contributed by atoms with van der Waals surface area (Å²) in [5.41, 5.74) is -1.11. The Morgan fingerprint density at radius 1 is 1.21 bits per heavy atom. The van der Waals surface area contributed by atoms with Crippen molar-refractivity contribution in [2.75, 3.05) is 13.7 Å². The Labute approximate surface area is 165 Å². The second-order valence-corrected chi connectivity index (χ2v) is 6.80. The standard InChI is InChI=1S/C20H21FO8/c1-28-18(25)12-4-2-3-10(7-12)11-5-6-15(14(21)8-11)29-19(26)20(27)13(9-22)16(23)17(20)24/h2-8,13,16-17,19,22-24,26-27H,9H2,1H3. The van der Waals surface area contributed by atoms with Crippen LogP contribution in [0.3, 0.4) is 0 Å². The number of aliphatic hydroxyl groups excluding tert-OH is 4. The third kappa shape index (κ3) is 3.59. The van der Waals surface area contributed by atoms with E-state index in [2.05, 4.69) is 4.74 Å². The molecule has 0 aromatic heterocycles. The van der Waals surface area contributed by atoms with E-state index in [9.17, 15) is 34.7 Å². The van der Waals surface area contributed by atoms with Crippen LogP contribution in [0.1, 0.15) is 10.4 Å². The molecule has 29 heavy (non-hydrogen) atoms. The molecule has 1 fully saturated rings. The van der Waals surface area contributed by atoms with Crippen molar-refractivity contribution >= 4 is 5.97 Å². The number of methoxy groups -OCH3 is 1. The van der Waals surface area contributed by atoms with E-state index in [4.69, 9.17) is 4.74 Å². The number of benzene rings is 2. The molecule has 2 aromatic carbocycles. The largest absolute Gasteiger partial charge is 0.465 e. The Hall–Kier alpha value is -2.56. The lowest BCUT2D eigenvalue weighted by molar-refractivity contribution is -0.332. The zero-order valence-electron chi connectivity index (χ0n) is 15.4. The Morgan fingerprint density at radius 2 is 1.90 bits per heavy atom. The summed E-state index contributed by atoms with van der Waals surface area (Å²) in [4.78, 5) is 11.6. The van der Waals surface area contributed by atoms with Crippen molar-refractivity contribution in [3.05, 3.63) is 53.8 Å². The predicted octanol–water partition coefficient (Wildman–Crippen LogP) is 0.0515. The summed E-state index contributed by atoms with van der Waals surface area (Å²) in [5.74, 6) is -3.08. The molecular weight excluding hydrogens is 387 g/mol. The Balaban J connectivity index is 1.81. The van der Waals surface area contributed by atoms with E-state index in [0.29, 0.717) is 11.1 Å². The number of ether oxygens (including phenoxy) is 2. The molecule has 0 bridgehead atoms. The van der Waals surface area contributed by atoms with Crippen LogP contribution in [0.25, 0.3) is 11.1 Å². The van der Waals surface area contributed by atoms with Crippen molar-refractivity contribution in [3.8, 4) is 16.9 Å². The minimum atomic E-state index is -2.35. The van der Waals surface area contributed by atoms with Gasteiger partial charge in [0, 0.05) is 5.92 Å². The lowest BCUT2D eigenvalue weighted by atomic mass is 9.64. The normalized spacial score (nSPS) is 27.1. The molecule has 9 heteroatoms. The fourth-order valence-electron chi connectivity index (χ4n) is 3.39. The topological polar surface area (TPSA) is 137 Å². The summed E-state index contributed by atoms with van der Waals surface area (Å²) in [5, 5.41) is 49.0. The van der Waals surface area contributed by atoms with Gasteiger partial charge in [-0.1, -0.05) is 18.2 Å². The van der Waals surface area contributed by atoms with Gasteiger partial charge in [-0.3, -0.25) is 0 Å². The zero-order chi connectivity index (χ0) is 21.3. The highest BCUT2D eigenvalue weighted by Gasteiger charge is 2.65. The minimum Gasteiger partial charge on any atom is -0.465 e. The van der Waals surface area contributed by atoms with Crippen LogP contribution in [-0.2, 0) is 4.74 Å². The molecule has 0 aliphatic heterocycles. The highest BCUT2D eigenvalue weighted by atomic mass is 19.1. The van der Waals surface area contributed by atoms with Gasteiger partial charge < -0.3 is 35.0 Å². The number of carbonyl (C=O) groups is 1. The number of rotatable bonds is 6. The zero-order valence-corrected chi connectivity index (χ0v) is 15.4. The quantitative estimate of drug-likeness (QED) is 0.334. The number of esters is 1. The maximum absolute atomic E-state index is 14.5. The van der Waals surface area contributed by atoms with Crippen molar-refractivity contribution in [2.45, 2.75) is 24.1 Å². The minimum absolute atomic E-state index is 0.288. The Bertz CT molecular complexity index is 904. The van der Waals surface area contributed by atoms with Crippen molar-refractivity contribution in [2.24, 2.45) is 5.92 Å². The van der Waals surface area contributed by atoms with Gasteiger partial charge in [-0.2, -0.15) is 0 Å². The van der Waals surface area contributed by atoms with Crippen molar-refractivity contribution < 1.29 is 44.2 Å². The van der Waals surface area contributed by atoms with Gasteiger partial charge in [-0.15, -0.1) is 0 Å². The second-order valence-electron chi connectivity index (χ2n) is 6.80. The fourth-order valence-corrected chi connectivity index (χ4v) is 3.39. The van der Waals surface area contributed by atoms with Crippen LogP contribution in [0.5, 0.6) is 5.75 Å². The highest BCUT2D eigenvalue weighted by molar-refractivity contribution is 5.91. The van der Waals surface area contributed by atoms with Crippen LogP contribution >= 0.6 is 0 Å². The van der Waals surface area contributed by atoms with Crippen LogP contribution in [0.4, 0.5) is 4.39 Å². The number of hydrogen-bond donors (Lipinski definition) is 5. The van der Waals surface area contributed by atoms with Gasteiger partial charge in [-0.05, 0) is 35.4 Å².